The van der Waals surface area contributed by atoms with Crippen LogP contribution in [0.1, 0.15) is 19.8 Å². The summed E-state index contributed by atoms with van der Waals surface area (Å²) in [6, 6.07) is -0.597. The normalized spacial score (nSPS) is 11.5. The highest BCUT2D eigenvalue weighted by molar-refractivity contribution is 5.73. The fourth-order valence-corrected chi connectivity index (χ4v) is 1.70. The molecule has 1 atom stereocenters. The van der Waals surface area contributed by atoms with E-state index in [1.54, 1.807) is 0 Å². The molecular weight excluding hydrogens is 318 g/mol. The topological polar surface area (TPSA) is 179 Å². The number of aliphatic hydroxyl groups is 1. The number of aromatic nitrogens is 4. The van der Waals surface area contributed by atoms with E-state index in [4.69, 9.17) is 16.1 Å². The first-order valence-corrected chi connectivity index (χ1v) is 7.28. The fourth-order valence-electron chi connectivity index (χ4n) is 1.70. The van der Waals surface area contributed by atoms with Crippen LogP contribution >= 0.6 is 0 Å². The Morgan fingerprint density at radius 3 is 2.71 bits per heavy atom. The van der Waals surface area contributed by atoms with E-state index in [0.29, 0.717) is 6.54 Å². The number of carbonyl (C=O) groups is 1. The van der Waals surface area contributed by atoms with Crippen molar-refractivity contribution < 1.29 is 15.0 Å². The van der Waals surface area contributed by atoms with Crippen LogP contribution in [0.3, 0.4) is 0 Å². The van der Waals surface area contributed by atoms with Crippen LogP contribution in [0, 0.1) is 0 Å². The summed E-state index contributed by atoms with van der Waals surface area (Å²) < 4.78 is 0. The zero-order chi connectivity index (χ0) is 17.9. The van der Waals surface area contributed by atoms with E-state index in [-0.39, 0.29) is 35.7 Å². The largest absolute Gasteiger partial charge is 0.480 e. The molecule has 2 aromatic rings. The summed E-state index contributed by atoms with van der Waals surface area (Å²) in [6.07, 6.45) is 4.05. The molecule has 0 radical (unpaired) electrons. The maximum absolute atomic E-state index is 11.3. The molecule has 0 aliphatic heterocycles. The van der Waals surface area contributed by atoms with Crippen molar-refractivity contribution in [3.63, 3.8) is 0 Å². The van der Waals surface area contributed by atoms with Crippen molar-refractivity contribution in [3.05, 3.63) is 22.7 Å². The second-order valence-electron chi connectivity index (χ2n) is 4.64. The van der Waals surface area contributed by atoms with Gasteiger partial charge in [-0.3, -0.25) is 20.0 Å². The third-order valence-corrected chi connectivity index (χ3v) is 2.84. The summed E-state index contributed by atoms with van der Waals surface area (Å²) in [5, 5.41) is 19.8. The van der Waals surface area contributed by atoms with Crippen molar-refractivity contribution in [1.29, 1.82) is 0 Å². The van der Waals surface area contributed by atoms with Crippen LogP contribution in [0.25, 0.3) is 11.2 Å². The molecule has 0 unspecified atom stereocenters. The molecule has 2 rings (SSSR count). The quantitative estimate of drug-likeness (QED) is 0.265. The molecule has 0 fully saturated rings. The summed E-state index contributed by atoms with van der Waals surface area (Å²) in [5.74, 6) is 4.35. The number of carboxylic acid groups (broad SMARTS) is 1. The number of hydrogen-bond donors (Lipinski definition) is 6. The van der Waals surface area contributed by atoms with Gasteiger partial charge in [-0.1, -0.05) is 6.92 Å². The minimum absolute atomic E-state index is 0.0896. The maximum atomic E-state index is 11.3. The summed E-state index contributed by atoms with van der Waals surface area (Å²) >= 11 is 0. The summed E-state index contributed by atoms with van der Waals surface area (Å²) in [5.41, 5.74) is 2.32. The number of hydrogen-bond acceptors (Lipinski definition) is 9. The van der Waals surface area contributed by atoms with Gasteiger partial charge in [-0.05, 0) is 19.4 Å². The van der Waals surface area contributed by atoms with Gasteiger partial charge in [0.15, 0.2) is 11.2 Å². The molecule has 132 valence electrons. The minimum atomic E-state index is -0.896. The van der Waals surface area contributed by atoms with Crippen molar-refractivity contribution in [2.75, 3.05) is 18.6 Å². The monoisotopic (exact) mass is 339 g/mol. The Morgan fingerprint density at radius 2 is 2.12 bits per heavy atom. The highest BCUT2D eigenvalue weighted by Crippen LogP contribution is 1.99. The zero-order valence-corrected chi connectivity index (χ0v) is 13.2. The third-order valence-electron chi connectivity index (χ3n) is 2.84. The van der Waals surface area contributed by atoms with Crippen LogP contribution in [0.2, 0.25) is 0 Å². The number of nitrogens with two attached hydrogens (primary N) is 1. The number of aromatic amines is 1. The number of carboxylic acids is 1. The van der Waals surface area contributed by atoms with Crippen molar-refractivity contribution in [2.24, 2.45) is 5.84 Å². The lowest BCUT2D eigenvalue weighted by Gasteiger charge is -2.11. The molecular formula is C13H21N7O4. The zero-order valence-electron chi connectivity index (χ0n) is 13.2. The first-order chi connectivity index (χ1) is 11.5. The predicted octanol–water partition coefficient (Wildman–Crippen LogP) is -1.18. The van der Waals surface area contributed by atoms with Gasteiger partial charge in [-0.25, -0.2) is 15.8 Å². The van der Waals surface area contributed by atoms with Crippen LogP contribution in [0.4, 0.5) is 5.95 Å². The molecule has 2 heterocycles. The van der Waals surface area contributed by atoms with Gasteiger partial charge in [0.2, 0.25) is 5.95 Å². The van der Waals surface area contributed by atoms with E-state index in [9.17, 15) is 9.59 Å². The van der Waals surface area contributed by atoms with Gasteiger partial charge in [0.05, 0.1) is 0 Å². The third kappa shape index (κ3) is 5.87. The number of anilines is 1. The van der Waals surface area contributed by atoms with E-state index < -0.39 is 12.0 Å². The van der Waals surface area contributed by atoms with Crippen LogP contribution < -0.4 is 22.1 Å². The lowest BCUT2D eigenvalue weighted by atomic mass is 10.2. The molecule has 0 bridgehead atoms. The molecule has 11 nitrogen and oxygen atoms in total. The number of H-pyrrole nitrogens is 1. The minimum Gasteiger partial charge on any atom is -0.480 e. The molecule has 0 spiro atoms. The van der Waals surface area contributed by atoms with E-state index in [1.807, 2.05) is 6.92 Å². The number of rotatable bonds is 7. The summed E-state index contributed by atoms with van der Waals surface area (Å²) in [7, 11) is 0. The van der Waals surface area contributed by atoms with Crippen molar-refractivity contribution in [2.45, 2.75) is 25.8 Å². The number of aliphatic carboxylic acids is 1. The Kier molecular flexibility index (Phi) is 8.25. The lowest BCUT2D eigenvalue weighted by molar-refractivity contribution is -0.139. The number of hydrazine groups is 1. The molecule has 0 aliphatic rings. The molecule has 2 aromatic heterocycles. The first kappa shape index (κ1) is 19.4. The summed E-state index contributed by atoms with van der Waals surface area (Å²) in [4.78, 5) is 35.7. The predicted molar refractivity (Wildman–Crippen MR) is 87.2 cm³/mol. The van der Waals surface area contributed by atoms with E-state index in [1.165, 1.54) is 12.4 Å². The maximum Gasteiger partial charge on any atom is 0.320 e. The van der Waals surface area contributed by atoms with Gasteiger partial charge in [0.1, 0.15) is 6.04 Å². The summed E-state index contributed by atoms with van der Waals surface area (Å²) in [6.45, 7) is 2.55. The van der Waals surface area contributed by atoms with Gasteiger partial charge >= 0.3 is 5.97 Å². The molecule has 0 saturated heterocycles. The number of fused-ring (bicyclic) bond motifs is 1. The average molecular weight is 339 g/mol. The standard InChI is InChI=1S/C7H15NO3.C6H6N6O/c1-2-4-8-6(3-5-9)7(10)11;7-12-6-10-4-3(5(13)11-6)8-1-2-9-4/h6,8-9H,2-5H2,1H3,(H,10,11);1-2H,7H2,(H2,9,10,11,12,13)/t6-;/m0./s1. The second kappa shape index (κ2) is 10.2. The van der Waals surface area contributed by atoms with E-state index in [2.05, 4.69) is 30.7 Å². The van der Waals surface area contributed by atoms with Crippen LogP contribution in [0.15, 0.2) is 17.2 Å². The van der Waals surface area contributed by atoms with Gasteiger partial charge in [0.25, 0.3) is 5.56 Å². The average Bonchev–Trinajstić information content (AvgIpc) is 2.59. The molecule has 0 amide bonds. The number of aliphatic hydroxyl groups excluding tert-OH is 1. The number of nitrogens with zero attached hydrogens (tertiary/aromatic N) is 3. The van der Waals surface area contributed by atoms with Gasteiger partial charge in [-0.15, -0.1) is 0 Å². The van der Waals surface area contributed by atoms with Gasteiger partial charge in [0, 0.05) is 19.0 Å². The van der Waals surface area contributed by atoms with Gasteiger partial charge < -0.3 is 15.5 Å². The Morgan fingerprint density at radius 1 is 1.42 bits per heavy atom. The fraction of sp³-hybridized carbons (Fsp3) is 0.462. The van der Waals surface area contributed by atoms with Gasteiger partial charge in [-0.2, -0.15) is 4.98 Å². The SMILES string of the molecule is CCCN[C@@H](CCO)C(=O)O.NNc1nc2nccnc2c(=O)[nH]1. The highest BCUT2D eigenvalue weighted by Gasteiger charge is 2.14. The van der Waals surface area contributed by atoms with Crippen LogP contribution in [-0.2, 0) is 4.79 Å². The smallest absolute Gasteiger partial charge is 0.320 e. The molecule has 11 heteroatoms. The number of nitrogens with one attached hydrogen (secondary N) is 3. The lowest BCUT2D eigenvalue weighted by Crippen LogP contribution is -2.37. The molecule has 24 heavy (non-hydrogen) atoms. The Hall–Kier alpha value is -2.63. The van der Waals surface area contributed by atoms with E-state index >= 15 is 0 Å². The first-order valence-electron chi connectivity index (χ1n) is 7.28. The Labute approximate surface area is 137 Å². The van der Waals surface area contributed by atoms with Crippen molar-refractivity contribution in [3.8, 4) is 0 Å². The number of nitrogen functional groups attached to an aromatic ring is 1. The van der Waals surface area contributed by atoms with Crippen LogP contribution in [-0.4, -0.2) is 55.3 Å². The Balaban J connectivity index is 0.000000245. The molecule has 7 N–H and O–H groups in total. The Bertz CT molecular complexity index is 706. The highest BCUT2D eigenvalue weighted by atomic mass is 16.4. The van der Waals surface area contributed by atoms with Crippen LogP contribution in [0.5, 0.6) is 0 Å². The molecule has 0 saturated carbocycles. The van der Waals surface area contributed by atoms with Crippen molar-refractivity contribution in [1.82, 2.24) is 25.3 Å². The van der Waals surface area contributed by atoms with E-state index in [0.717, 1.165) is 6.42 Å². The van der Waals surface area contributed by atoms with Crippen molar-refractivity contribution >= 4 is 23.1 Å². The molecule has 0 aliphatic carbocycles. The second-order valence-corrected chi connectivity index (χ2v) is 4.64. The molecule has 0 aromatic carbocycles.